The smallest absolute Gasteiger partial charge is 0.269 e. The molecule has 0 bridgehead atoms. The summed E-state index contributed by atoms with van der Waals surface area (Å²) in [7, 11) is 0. The molecule has 2 aromatic carbocycles. The first-order chi connectivity index (χ1) is 11.0. The van der Waals surface area contributed by atoms with Crippen LogP contribution in [0.15, 0.2) is 53.9 Å². The molecular formula is C16H10ClN3O3. The molecule has 1 unspecified atom stereocenters. The third-order valence-corrected chi connectivity index (χ3v) is 3.85. The van der Waals surface area contributed by atoms with E-state index in [1.807, 2.05) is 0 Å². The monoisotopic (exact) mass is 327 g/mol. The van der Waals surface area contributed by atoms with Crippen molar-refractivity contribution in [3.05, 3.63) is 80.2 Å². The maximum absolute atomic E-state index is 10.8. The SMILES string of the molecule is N#CC1=C(N)Oc2ccc(Cl)cc2C1c1ccc([N+](=O)[O-])cc1. The van der Waals surface area contributed by atoms with Gasteiger partial charge in [-0.1, -0.05) is 23.7 Å². The first-order valence-corrected chi connectivity index (χ1v) is 7.00. The summed E-state index contributed by atoms with van der Waals surface area (Å²) in [6.07, 6.45) is 0. The third kappa shape index (κ3) is 2.58. The Bertz CT molecular complexity index is 869. The molecule has 6 nitrogen and oxygen atoms in total. The lowest BCUT2D eigenvalue weighted by atomic mass is 9.83. The molecule has 2 N–H and O–H groups in total. The second kappa shape index (κ2) is 5.63. The Labute approximate surface area is 136 Å². The molecule has 0 radical (unpaired) electrons. The summed E-state index contributed by atoms with van der Waals surface area (Å²) in [5.41, 5.74) is 7.45. The van der Waals surface area contributed by atoms with E-state index in [-0.39, 0.29) is 17.1 Å². The normalized spacial score (nSPS) is 16.3. The van der Waals surface area contributed by atoms with Crippen LogP contribution in [0, 0.1) is 21.4 Å². The van der Waals surface area contributed by atoms with E-state index in [9.17, 15) is 15.4 Å². The van der Waals surface area contributed by atoms with Crippen molar-refractivity contribution >= 4 is 17.3 Å². The van der Waals surface area contributed by atoms with E-state index in [4.69, 9.17) is 22.1 Å². The quantitative estimate of drug-likeness (QED) is 0.672. The third-order valence-electron chi connectivity index (χ3n) is 3.61. The number of fused-ring (bicyclic) bond motifs is 1. The molecule has 0 saturated carbocycles. The van der Waals surface area contributed by atoms with Gasteiger partial charge in [-0.2, -0.15) is 5.26 Å². The van der Waals surface area contributed by atoms with E-state index in [0.717, 1.165) is 0 Å². The maximum Gasteiger partial charge on any atom is 0.269 e. The molecule has 0 amide bonds. The molecule has 7 heteroatoms. The van der Waals surface area contributed by atoms with Crippen molar-refractivity contribution in [2.24, 2.45) is 5.73 Å². The Balaban J connectivity index is 2.17. The number of halogens is 1. The first-order valence-electron chi connectivity index (χ1n) is 6.62. The van der Waals surface area contributed by atoms with Crippen LogP contribution in [0.1, 0.15) is 17.0 Å². The van der Waals surface area contributed by atoms with Gasteiger partial charge in [-0.25, -0.2) is 0 Å². The van der Waals surface area contributed by atoms with Gasteiger partial charge in [0.25, 0.3) is 5.69 Å². The highest BCUT2D eigenvalue weighted by molar-refractivity contribution is 6.30. The lowest BCUT2D eigenvalue weighted by molar-refractivity contribution is -0.384. The number of nitro groups is 1. The molecule has 3 rings (SSSR count). The van der Waals surface area contributed by atoms with Crippen molar-refractivity contribution in [3.8, 4) is 11.8 Å². The molecule has 0 spiro atoms. The minimum Gasteiger partial charge on any atom is -0.440 e. The van der Waals surface area contributed by atoms with Gasteiger partial charge in [0.2, 0.25) is 5.88 Å². The zero-order valence-corrected chi connectivity index (χ0v) is 12.4. The largest absolute Gasteiger partial charge is 0.440 e. The van der Waals surface area contributed by atoms with Crippen LogP contribution in [0.2, 0.25) is 5.02 Å². The van der Waals surface area contributed by atoms with Gasteiger partial charge in [0.1, 0.15) is 17.4 Å². The molecule has 1 aliphatic rings. The fourth-order valence-corrected chi connectivity index (χ4v) is 2.74. The molecule has 1 atom stereocenters. The molecule has 114 valence electrons. The number of nitriles is 1. The summed E-state index contributed by atoms with van der Waals surface area (Å²) >= 11 is 6.05. The number of ether oxygens (including phenoxy) is 1. The predicted molar refractivity (Wildman–Crippen MR) is 83.8 cm³/mol. The van der Waals surface area contributed by atoms with Crippen LogP contribution in [0.4, 0.5) is 5.69 Å². The Morgan fingerprint density at radius 3 is 2.57 bits per heavy atom. The number of allylic oxidation sites excluding steroid dienone is 1. The van der Waals surface area contributed by atoms with E-state index in [2.05, 4.69) is 6.07 Å². The Hall–Kier alpha value is -3.04. The molecule has 1 heterocycles. The van der Waals surface area contributed by atoms with Crippen molar-refractivity contribution in [3.63, 3.8) is 0 Å². The Morgan fingerprint density at radius 2 is 1.96 bits per heavy atom. The van der Waals surface area contributed by atoms with Crippen molar-refractivity contribution in [2.45, 2.75) is 5.92 Å². The van der Waals surface area contributed by atoms with Crippen molar-refractivity contribution in [1.82, 2.24) is 0 Å². The molecule has 0 fully saturated rings. The fraction of sp³-hybridized carbons (Fsp3) is 0.0625. The summed E-state index contributed by atoms with van der Waals surface area (Å²) in [5, 5.41) is 20.7. The number of nitrogens with two attached hydrogens (primary N) is 1. The molecule has 0 saturated heterocycles. The fourth-order valence-electron chi connectivity index (χ4n) is 2.56. The second-order valence-electron chi connectivity index (χ2n) is 4.96. The van der Waals surface area contributed by atoms with Crippen LogP contribution < -0.4 is 10.5 Å². The van der Waals surface area contributed by atoms with Crippen LogP contribution in [-0.4, -0.2) is 4.92 Å². The summed E-state index contributed by atoms with van der Waals surface area (Å²) in [6, 6.07) is 13.1. The van der Waals surface area contributed by atoms with Crippen molar-refractivity contribution in [1.29, 1.82) is 5.26 Å². The Morgan fingerprint density at radius 1 is 1.26 bits per heavy atom. The topological polar surface area (TPSA) is 102 Å². The summed E-state index contributed by atoms with van der Waals surface area (Å²) in [5.74, 6) is 0.0446. The minimum atomic E-state index is -0.483. The molecule has 2 aromatic rings. The first kappa shape index (κ1) is 14.9. The second-order valence-corrected chi connectivity index (χ2v) is 5.39. The van der Waals surface area contributed by atoms with Crippen LogP contribution in [-0.2, 0) is 0 Å². The summed E-state index contributed by atoms with van der Waals surface area (Å²) in [6.45, 7) is 0. The van der Waals surface area contributed by atoms with Crippen LogP contribution in [0.25, 0.3) is 0 Å². The highest BCUT2D eigenvalue weighted by Gasteiger charge is 2.31. The van der Waals surface area contributed by atoms with Gasteiger partial charge in [0, 0.05) is 22.7 Å². The van der Waals surface area contributed by atoms with E-state index in [1.54, 1.807) is 30.3 Å². The van der Waals surface area contributed by atoms with Gasteiger partial charge < -0.3 is 10.5 Å². The number of nitro benzene ring substituents is 1. The van der Waals surface area contributed by atoms with Gasteiger partial charge in [0.05, 0.1) is 10.8 Å². The van der Waals surface area contributed by atoms with Crippen molar-refractivity contribution in [2.75, 3.05) is 0 Å². The number of nitrogens with zero attached hydrogens (tertiary/aromatic N) is 2. The highest BCUT2D eigenvalue weighted by atomic mass is 35.5. The Kier molecular flexibility index (Phi) is 3.64. The number of hydrogen-bond donors (Lipinski definition) is 1. The predicted octanol–water partition coefficient (Wildman–Crippen LogP) is 3.47. The number of hydrogen-bond acceptors (Lipinski definition) is 5. The van der Waals surface area contributed by atoms with E-state index >= 15 is 0 Å². The zero-order chi connectivity index (χ0) is 16.6. The molecule has 1 aliphatic heterocycles. The van der Waals surface area contributed by atoms with Crippen molar-refractivity contribution < 1.29 is 9.66 Å². The number of rotatable bonds is 2. The van der Waals surface area contributed by atoms with Gasteiger partial charge in [-0.05, 0) is 23.8 Å². The summed E-state index contributed by atoms with van der Waals surface area (Å²) < 4.78 is 5.47. The van der Waals surface area contributed by atoms with Gasteiger partial charge >= 0.3 is 0 Å². The van der Waals surface area contributed by atoms with E-state index in [0.29, 0.717) is 21.9 Å². The average molecular weight is 328 g/mol. The van der Waals surface area contributed by atoms with Gasteiger partial charge in [0.15, 0.2) is 0 Å². The highest BCUT2D eigenvalue weighted by Crippen LogP contribution is 2.43. The minimum absolute atomic E-state index is 0.0191. The van der Waals surface area contributed by atoms with Crippen LogP contribution >= 0.6 is 11.6 Å². The lowest BCUT2D eigenvalue weighted by Gasteiger charge is -2.26. The molecule has 0 aromatic heterocycles. The lowest BCUT2D eigenvalue weighted by Crippen LogP contribution is -2.21. The number of benzene rings is 2. The van der Waals surface area contributed by atoms with Crippen LogP contribution in [0.3, 0.4) is 0 Å². The van der Waals surface area contributed by atoms with E-state index < -0.39 is 10.8 Å². The van der Waals surface area contributed by atoms with Gasteiger partial charge in [-0.15, -0.1) is 0 Å². The van der Waals surface area contributed by atoms with Gasteiger partial charge in [-0.3, -0.25) is 10.1 Å². The summed E-state index contributed by atoms with van der Waals surface area (Å²) in [4.78, 5) is 10.3. The van der Waals surface area contributed by atoms with Crippen LogP contribution in [0.5, 0.6) is 5.75 Å². The number of non-ortho nitro benzene ring substituents is 1. The van der Waals surface area contributed by atoms with E-state index in [1.165, 1.54) is 12.1 Å². The molecule has 23 heavy (non-hydrogen) atoms. The zero-order valence-electron chi connectivity index (χ0n) is 11.7. The average Bonchev–Trinajstić information content (AvgIpc) is 2.54. The standard InChI is InChI=1S/C16H10ClN3O3/c17-10-3-6-14-12(7-10)15(13(8-18)16(19)23-14)9-1-4-11(5-2-9)20(21)22/h1-7,15H,19H2. The molecule has 0 aliphatic carbocycles. The molecular weight excluding hydrogens is 318 g/mol. The maximum atomic E-state index is 10.8.